The fourth-order valence-corrected chi connectivity index (χ4v) is 1.67. The fraction of sp³-hybridized carbons (Fsp3) is 0.417. The Morgan fingerprint density at radius 2 is 2.36 bits per heavy atom. The Hall–Kier alpha value is -1.31. The third kappa shape index (κ3) is 2.59. The number of hydrogen-bond donors (Lipinski definition) is 1. The molecular formula is C12H17NO. The predicted molar refractivity (Wildman–Crippen MR) is 58.9 cm³/mol. The van der Waals surface area contributed by atoms with Gasteiger partial charge < -0.3 is 5.32 Å². The number of carbonyl (C=O) groups excluding carboxylic acids is 1. The summed E-state index contributed by atoms with van der Waals surface area (Å²) in [6, 6.07) is 0.237. The summed E-state index contributed by atoms with van der Waals surface area (Å²) >= 11 is 0. The second kappa shape index (κ2) is 4.80. The van der Waals surface area contributed by atoms with Crippen molar-refractivity contribution in [1.29, 1.82) is 0 Å². The molecule has 14 heavy (non-hydrogen) atoms. The van der Waals surface area contributed by atoms with Crippen molar-refractivity contribution in [2.45, 2.75) is 32.2 Å². The summed E-state index contributed by atoms with van der Waals surface area (Å²) in [5, 5.41) is 2.97. The van der Waals surface area contributed by atoms with E-state index in [2.05, 4.69) is 18.5 Å². The molecule has 0 heterocycles. The maximum absolute atomic E-state index is 11.2. The Balaban J connectivity index is 2.55. The van der Waals surface area contributed by atoms with E-state index in [0.29, 0.717) is 6.42 Å². The van der Waals surface area contributed by atoms with Crippen LogP contribution in [-0.2, 0) is 4.79 Å². The average molecular weight is 191 g/mol. The van der Waals surface area contributed by atoms with E-state index in [1.165, 1.54) is 5.57 Å². The van der Waals surface area contributed by atoms with E-state index < -0.39 is 0 Å². The number of rotatable bonds is 3. The molecule has 1 N–H and O–H groups in total. The maximum Gasteiger partial charge on any atom is 0.219 e. The number of nitrogens with one attached hydrogen (secondary N) is 1. The Morgan fingerprint density at radius 1 is 1.64 bits per heavy atom. The topological polar surface area (TPSA) is 29.1 Å². The summed E-state index contributed by atoms with van der Waals surface area (Å²) in [7, 11) is 0. The summed E-state index contributed by atoms with van der Waals surface area (Å²) in [6.07, 6.45) is 6.04. The van der Waals surface area contributed by atoms with Gasteiger partial charge in [-0.25, -0.2) is 0 Å². The molecule has 0 aromatic carbocycles. The lowest BCUT2D eigenvalue weighted by atomic mass is 10.1. The zero-order valence-corrected chi connectivity index (χ0v) is 8.68. The highest BCUT2D eigenvalue weighted by Crippen LogP contribution is 2.29. The SMILES string of the molecule is C=C/C=C1/CC(NC(=O)CC)CC1=C. The Morgan fingerprint density at radius 3 is 2.93 bits per heavy atom. The fourth-order valence-electron chi connectivity index (χ4n) is 1.67. The smallest absolute Gasteiger partial charge is 0.219 e. The number of hydrogen-bond acceptors (Lipinski definition) is 1. The van der Waals surface area contributed by atoms with Crippen molar-refractivity contribution in [2.75, 3.05) is 0 Å². The Bertz CT molecular complexity index is 289. The highest BCUT2D eigenvalue weighted by Gasteiger charge is 2.22. The monoisotopic (exact) mass is 191 g/mol. The molecule has 2 heteroatoms. The first kappa shape index (κ1) is 10.8. The van der Waals surface area contributed by atoms with Gasteiger partial charge in [-0.2, -0.15) is 0 Å². The molecular weight excluding hydrogens is 174 g/mol. The van der Waals surface area contributed by atoms with Crippen LogP contribution in [0, 0.1) is 0 Å². The standard InChI is InChI=1S/C12H17NO/c1-4-6-10-8-11(7-9(10)3)13-12(14)5-2/h4,6,11H,1,3,5,7-8H2,2H3,(H,13,14)/b10-6-. The van der Waals surface area contributed by atoms with Gasteiger partial charge in [-0.3, -0.25) is 4.79 Å². The van der Waals surface area contributed by atoms with Crippen molar-refractivity contribution in [3.05, 3.63) is 36.5 Å². The first-order valence-corrected chi connectivity index (χ1v) is 4.96. The quantitative estimate of drug-likeness (QED) is 0.729. The first-order valence-electron chi connectivity index (χ1n) is 4.96. The molecule has 2 nitrogen and oxygen atoms in total. The molecule has 1 unspecified atom stereocenters. The van der Waals surface area contributed by atoms with Gasteiger partial charge in [0.15, 0.2) is 0 Å². The van der Waals surface area contributed by atoms with Crippen molar-refractivity contribution < 1.29 is 4.79 Å². The molecule has 0 aromatic rings. The third-order valence-corrected chi connectivity index (χ3v) is 2.42. The van der Waals surface area contributed by atoms with E-state index in [1.54, 1.807) is 6.08 Å². The zero-order chi connectivity index (χ0) is 10.6. The molecule has 1 aliphatic rings. The van der Waals surface area contributed by atoms with Crippen LogP contribution >= 0.6 is 0 Å². The molecule has 1 amide bonds. The van der Waals surface area contributed by atoms with Gasteiger partial charge in [-0.15, -0.1) is 0 Å². The minimum absolute atomic E-state index is 0.114. The second-order valence-electron chi connectivity index (χ2n) is 3.56. The molecule has 76 valence electrons. The first-order chi connectivity index (χ1) is 6.67. The number of amides is 1. The number of allylic oxidation sites excluding steroid dienone is 2. The second-order valence-corrected chi connectivity index (χ2v) is 3.56. The molecule has 1 fully saturated rings. The summed E-state index contributed by atoms with van der Waals surface area (Å²) in [5.41, 5.74) is 2.33. The predicted octanol–water partition coefficient (Wildman–Crippen LogP) is 2.34. The van der Waals surface area contributed by atoms with Gasteiger partial charge in [-0.1, -0.05) is 32.2 Å². The number of carbonyl (C=O) groups is 1. The molecule has 0 spiro atoms. The highest BCUT2D eigenvalue weighted by molar-refractivity contribution is 5.76. The Kier molecular flexibility index (Phi) is 3.69. The van der Waals surface area contributed by atoms with Crippen molar-refractivity contribution in [1.82, 2.24) is 5.32 Å². The summed E-state index contributed by atoms with van der Waals surface area (Å²) in [5.74, 6) is 0.114. The molecule has 0 aromatic heterocycles. The van der Waals surface area contributed by atoms with Gasteiger partial charge in [0.25, 0.3) is 0 Å². The van der Waals surface area contributed by atoms with Gasteiger partial charge in [0, 0.05) is 12.5 Å². The molecule has 1 rings (SSSR count). The van der Waals surface area contributed by atoms with Gasteiger partial charge >= 0.3 is 0 Å². The van der Waals surface area contributed by atoms with Crippen LogP contribution < -0.4 is 5.32 Å². The van der Waals surface area contributed by atoms with Crippen molar-refractivity contribution in [3.8, 4) is 0 Å². The molecule has 0 bridgehead atoms. The van der Waals surface area contributed by atoms with Crippen LogP contribution in [0.25, 0.3) is 0 Å². The molecule has 0 saturated heterocycles. The lowest BCUT2D eigenvalue weighted by molar-refractivity contribution is -0.121. The third-order valence-electron chi connectivity index (χ3n) is 2.42. The van der Waals surface area contributed by atoms with E-state index >= 15 is 0 Å². The van der Waals surface area contributed by atoms with Gasteiger partial charge in [-0.05, 0) is 24.0 Å². The summed E-state index contributed by atoms with van der Waals surface area (Å²) in [4.78, 5) is 11.2. The van der Waals surface area contributed by atoms with Crippen LogP contribution in [0.3, 0.4) is 0 Å². The van der Waals surface area contributed by atoms with Crippen LogP contribution in [0.15, 0.2) is 36.5 Å². The van der Waals surface area contributed by atoms with Crippen LogP contribution in [0.4, 0.5) is 0 Å². The minimum Gasteiger partial charge on any atom is -0.353 e. The lowest BCUT2D eigenvalue weighted by Crippen LogP contribution is -2.31. The minimum atomic E-state index is 0.114. The average Bonchev–Trinajstić information content (AvgIpc) is 2.47. The van der Waals surface area contributed by atoms with Crippen molar-refractivity contribution >= 4 is 5.91 Å². The van der Waals surface area contributed by atoms with Crippen LogP contribution in [-0.4, -0.2) is 11.9 Å². The normalized spacial score (nSPS) is 23.9. The van der Waals surface area contributed by atoms with Crippen LogP contribution in [0.1, 0.15) is 26.2 Å². The van der Waals surface area contributed by atoms with E-state index in [9.17, 15) is 4.79 Å². The molecule has 0 aliphatic heterocycles. The Labute approximate surface area is 85.4 Å². The summed E-state index contributed by atoms with van der Waals surface area (Å²) < 4.78 is 0. The van der Waals surface area contributed by atoms with Crippen molar-refractivity contribution in [3.63, 3.8) is 0 Å². The maximum atomic E-state index is 11.2. The van der Waals surface area contributed by atoms with E-state index in [4.69, 9.17) is 0 Å². The molecule has 0 radical (unpaired) electrons. The zero-order valence-electron chi connectivity index (χ0n) is 8.68. The lowest BCUT2D eigenvalue weighted by Gasteiger charge is -2.09. The molecule has 1 saturated carbocycles. The van der Waals surface area contributed by atoms with Crippen molar-refractivity contribution in [2.24, 2.45) is 0 Å². The van der Waals surface area contributed by atoms with E-state index in [0.717, 1.165) is 18.4 Å². The van der Waals surface area contributed by atoms with E-state index in [1.807, 2.05) is 13.0 Å². The summed E-state index contributed by atoms with van der Waals surface area (Å²) in [6.45, 7) is 9.49. The molecule has 1 aliphatic carbocycles. The van der Waals surface area contributed by atoms with Gasteiger partial charge in [0.05, 0.1) is 0 Å². The molecule has 1 atom stereocenters. The van der Waals surface area contributed by atoms with Crippen LogP contribution in [0.5, 0.6) is 0 Å². The van der Waals surface area contributed by atoms with Crippen LogP contribution in [0.2, 0.25) is 0 Å². The highest BCUT2D eigenvalue weighted by atomic mass is 16.1. The van der Waals surface area contributed by atoms with E-state index in [-0.39, 0.29) is 11.9 Å². The van der Waals surface area contributed by atoms with Gasteiger partial charge in [0.2, 0.25) is 5.91 Å². The largest absolute Gasteiger partial charge is 0.353 e. The van der Waals surface area contributed by atoms with Gasteiger partial charge in [0.1, 0.15) is 0 Å².